The Balaban J connectivity index is 2.15. The molecule has 0 fully saturated rings. The zero-order valence-electron chi connectivity index (χ0n) is 12.1. The molecule has 2 aromatic carbocycles. The van der Waals surface area contributed by atoms with Gasteiger partial charge >= 0.3 is 0 Å². The maximum Gasteiger partial charge on any atom is 0.0105 e. The standard InChI is InChI=1S/C18H23N/c1-4-19-15(3)14(2)16-10-12-18(13-11-16)17-8-6-5-7-9-17/h5-15,19H,4H2,1-3H3. The molecule has 0 spiro atoms. The molecule has 0 aliphatic carbocycles. The fourth-order valence-corrected chi connectivity index (χ4v) is 2.40. The fourth-order valence-electron chi connectivity index (χ4n) is 2.40. The van der Waals surface area contributed by atoms with Crippen LogP contribution in [0.3, 0.4) is 0 Å². The van der Waals surface area contributed by atoms with Gasteiger partial charge in [0.1, 0.15) is 0 Å². The molecule has 0 amide bonds. The van der Waals surface area contributed by atoms with E-state index in [0.717, 1.165) is 6.54 Å². The van der Waals surface area contributed by atoms with E-state index in [1.807, 2.05) is 0 Å². The molecule has 19 heavy (non-hydrogen) atoms. The summed E-state index contributed by atoms with van der Waals surface area (Å²) in [6, 6.07) is 20.0. The van der Waals surface area contributed by atoms with Crippen molar-refractivity contribution in [3.05, 3.63) is 60.2 Å². The monoisotopic (exact) mass is 253 g/mol. The minimum absolute atomic E-state index is 0.507. The number of likely N-dealkylation sites (N-methyl/N-ethyl adjacent to an activating group) is 1. The van der Waals surface area contributed by atoms with E-state index in [-0.39, 0.29) is 0 Å². The number of nitrogens with one attached hydrogen (secondary N) is 1. The van der Waals surface area contributed by atoms with Crippen molar-refractivity contribution in [3.8, 4) is 11.1 Å². The molecule has 2 unspecified atom stereocenters. The van der Waals surface area contributed by atoms with Crippen molar-refractivity contribution in [1.82, 2.24) is 5.32 Å². The maximum absolute atomic E-state index is 3.49. The molecule has 0 aliphatic heterocycles. The molecular formula is C18H23N. The molecule has 2 aromatic rings. The topological polar surface area (TPSA) is 12.0 Å². The molecular weight excluding hydrogens is 230 g/mol. The second kappa shape index (κ2) is 6.53. The predicted molar refractivity (Wildman–Crippen MR) is 83.4 cm³/mol. The average Bonchev–Trinajstić information content (AvgIpc) is 2.48. The molecule has 1 N–H and O–H groups in total. The molecule has 0 heterocycles. The lowest BCUT2D eigenvalue weighted by Gasteiger charge is -2.21. The Labute approximate surface area is 116 Å². The first-order valence-corrected chi connectivity index (χ1v) is 7.11. The van der Waals surface area contributed by atoms with E-state index in [1.54, 1.807) is 0 Å². The lowest BCUT2D eigenvalue weighted by Crippen LogP contribution is -2.30. The SMILES string of the molecule is CCNC(C)C(C)c1ccc(-c2ccccc2)cc1. The van der Waals surface area contributed by atoms with Crippen molar-refractivity contribution < 1.29 is 0 Å². The minimum atomic E-state index is 0.507. The van der Waals surface area contributed by atoms with E-state index in [2.05, 4.69) is 80.7 Å². The molecule has 0 aromatic heterocycles. The van der Waals surface area contributed by atoms with Crippen LogP contribution < -0.4 is 5.32 Å². The van der Waals surface area contributed by atoms with Gasteiger partial charge in [-0.15, -0.1) is 0 Å². The Hall–Kier alpha value is -1.60. The van der Waals surface area contributed by atoms with Crippen LogP contribution in [0.15, 0.2) is 54.6 Å². The molecule has 0 saturated carbocycles. The first kappa shape index (κ1) is 13.8. The first-order chi connectivity index (χ1) is 9.22. The number of hydrogen-bond donors (Lipinski definition) is 1. The third kappa shape index (κ3) is 3.45. The minimum Gasteiger partial charge on any atom is -0.314 e. The van der Waals surface area contributed by atoms with Crippen LogP contribution >= 0.6 is 0 Å². The lowest BCUT2D eigenvalue weighted by molar-refractivity contribution is 0.495. The van der Waals surface area contributed by atoms with Gasteiger partial charge < -0.3 is 5.32 Å². The summed E-state index contributed by atoms with van der Waals surface area (Å²) in [5.74, 6) is 0.532. The number of rotatable bonds is 5. The summed E-state index contributed by atoms with van der Waals surface area (Å²) in [5, 5.41) is 3.49. The van der Waals surface area contributed by atoms with Crippen LogP contribution in [0, 0.1) is 0 Å². The second-order valence-corrected chi connectivity index (χ2v) is 5.12. The van der Waals surface area contributed by atoms with Gasteiger partial charge in [0, 0.05) is 6.04 Å². The first-order valence-electron chi connectivity index (χ1n) is 7.11. The molecule has 2 rings (SSSR count). The highest BCUT2D eigenvalue weighted by Crippen LogP contribution is 2.24. The molecule has 0 aliphatic rings. The summed E-state index contributed by atoms with van der Waals surface area (Å²) in [6.07, 6.45) is 0. The summed E-state index contributed by atoms with van der Waals surface area (Å²) in [4.78, 5) is 0. The van der Waals surface area contributed by atoms with Gasteiger partial charge in [0.15, 0.2) is 0 Å². The summed E-state index contributed by atoms with van der Waals surface area (Å²) in [7, 11) is 0. The van der Waals surface area contributed by atoms with Crippen molar-refractivity contribution in [2.45, 2.75) is 32.7 Å². The third-order valence-corrected chi connectivity index (χ3v) is 3.82. The molecule has 1 nitrogen and oxygen atoms in total. The van der Waals surface area contributed by atoms with Crippen LogP contribution in [0.4, 0.5) is 0 Å². The van der Waals surface area contributed by atoms with Gasteiger partial charge in [0.05, 0.1) is 0 Å². The van der Waals surface area contributed by atoms with Gasteiger partial charge in [-0.2, -0.15) is 0 Å². The normalized spacial score (nSPS) is 14.1. The van der Waals surface area contributed by atoms with E-state index in [0.29, 0.717) is 12.0 Å². The van der Waals surface area contributed by atoms with E-state index in [1.165, 1.54) is 16.7 Å². The van der Waals surface area contributed by atoms with Gasteiger partial charge in [0.2, 0.25) is 0 Å². The van der Waals surface area contributed by atoms with Crippen molar-refractivity contribution in [2.24, 2.45) is 0 Å². The lowest BCUT2D eigenvalue weighted by atomic mass is 9.92. The average molecular weight is 253 g/mol. The highest BCUT2D eigenvalue weighted by Gasteiger charge is 2.12. The summed E-state index contributed by atoms with van der Waals surface area (Å²) in [5.41, 5.74) is 3.96. The van der Waals surface area contributed by atoms with Crippen LogP contribution in [-0.4, -0.2) is 12.6 Å². The second-order valence-electron chi connectivity index (χ2n) is 5.12. The van der Waals surface area contributed by atoms with Crippen LogP contribution in [0.5, 0.6) is 0 Å². The molecule has 2 atom stereocenters. The summed E-state index contributed by atoms with van der Waals surface area (Å²) in [6.45, 7) is 7.71. The van der Waals surface area contributed by atoms with Gasteiger partial charge in [0.25, 0.3) is 0 Å². The Morgan fingerprint density at radius 3 is 2.00 bits per heavy atom. The van der Waals surface area contributed by atoms with E-state index >= 15 is 0 Å². The highest BCUT2D eigenvalue weighted by atomic mass is 14.9. The zero-order chi connectivity index (χ0) is 13.7. The summed E-state index contributed by atoms with van der Waals surface area (Å²) >= 11 is 0. The zero-order valence-corrected chi connectivity index (χ0v) is 12.1. The van der Waals surface area contributed by atoms with Gasteiger partial charge in [-0.3, -0.25) is 0 Å². The smallest absolute Gasteiger partial charge is 0.0105 e. The van der Waals surface area contributed by atoms with Crippen molar-refractivity contribution in [3.63, 3.8) is 0 Å². The quantitative estimate of drug-likeness (QED) is 0.830. The molecule has 0 radical (unpaired) electrons. The van der Waals surface area contributed by atoms with E-state index in [9.17, 15) is 0 Å². The van der Waals surface area contributed by atoms with Crippen LogP contribution in [0.1, 0.15) is 32.3 Å². The Bertz CT molecular complexity index is 487. The van der Waals surface area contributed by atoms with Crippen molar-refractivity contribution >= 4 is 0 Å². The maximum atomic E-state index is 3.49. The Morgan fingerprint density at radius 2 is 1.42 bits per heavy atom. The largest absolute Gasteiger partial charge is 0.314 e. The van der Waals surface area contributed by atoms with Crippen LogP contribution in [0.25, 0.3) is 11.1 Å². The van der Waals surface area contributed by atoms with Crippen LogP contribution in [-0.2, 0) is 0 Å². The molecule has 100 valence electrons. The van der Waals surface area contributed by atoms with Gasteiger partial charge in [-0.05, 0) is 36.1 Å². The highest BCUT2D eigenvalue weighted by molar-refractivity contribution is 5.63. The fraction of sp³-hybridized carbons (Fsp3) is 0.333. The van der Waals surface area contributed by atoms with Crippen molar-refractivity contribution in [2.75, 3.05) is 6.54 Å². The van der Waals surface area contributed by atoms with Gasteiger partial charge in [-0.25, -0.2) is 0 Å². The molecule has 1 heteroatoms. The van der Waals surface area contributed by atoms with Gasteiger partial charge in [-0.1, -0.05) is 68.4 Å². The molecule has 0 saturated heterocycles. The van der Waals surface area contributed by atoms with E-state index < -0.39 is 0 Å². The third-order valence-electron chi connectivity index (χ3n) is 3.82. The van der Waals surface area contributed by atoms with E-state index in [4.69, 9.17) is 0 Å². The Kier molecular flexibility index (Phi) is 4.75. The molecule has 0 bridgehead atoms. The number of benzene rings is 2. The predicted octanol–water partition coefficient (Wildman–Crippen LogP) is 4.46. The summed E-state index contributed by atoms with van der Waals surface area (Å²) < 4.78 is 0. The Morgan fingerprint density at radius 1 is 0.842 bits per heavy atom. The number of hydrogen-bond acceptors (Lipinski definition) is 1. The van der Waals surface area contributed by atoms with Crippen LogP contribution in [0.2, 0.25) is 0 Å². The van der Waals surface area contributed by atoms with Crippen molar-refractivity contribution in [1.29, 1.82) is 0 Å².